The van der Waals surface area contributed by atoms with Crippen molar-refractivity contribution in [1.82, 2.24) is 15.0 Å². The lowest BCUT2D eigenvalue weighted by atomic mass is 9.93. The Kier molecular flexibility index (Phi) is 8.06. The molecule has 0 amide bonds. The number of para-hydroxylation sites is 3. The van der Waals surface area contributed by atoms with Crippen LogP contribution in [-0.4, -0.2) is 15.0 Å². The molecule has 0 saturated carbocycles. The van der Waals surface area contributed by atoms with Crippen LogP contribution in [0.15, 0.2) is 215 Å². The summed E-state index contributed by atoms with van der Waals surface area (Å²) in [5, 5.41) is 6.23. The molecule has 0 atom stereocenters. The second-order valence-electron chi connectivity index (χ2n) is 15.2. The van der Waals surface area contributed by atoms with E-state index in [9.17, 15) is 0 Å². The van der Waals surface area contributed by atoms with Crippen molar-refractivity contribution in [3.63, 3.8) is 0 Å². The van der Waals surface area contributed by atoms with E-state index in [0.717, 1.165) is 99.5 Å². The van der Waals surface area contributed by atoms with E-state index in [1.807, 2.05) is 91.0 Å². The highest BCUT2D eigenvalue weighted by Gasteiger charge is 2.22. The Morgan fingerprint density at radius 1 is 0.311 bits per heavy atom. The topological polar surface area (TPSA) is 68.2 Å². The maximum Gasteiger partial charge on any atom is 0.164 e. The van der Waals surface area contributed by atoms with Crippen LogP contribution in [0.5, 0.6) is 0 Å². The molecule has 0 bridgehead atoms. The van der Waals surface area contributed by atoms with Crippen LogP contribution >= 0.6 is 0 Å². The van der Waals surface area contributed by atoms with Crippen molar-refractivity contribution < 1.29 is 8.83 Å². The highest BCUT2D eigenvalue weighted by atomic mass is 16.3. The fourth-order valence-electron chi connectivity index (χ4n) is 8.66. The van der Waals surface area contributed by atoms with Crippen LogP contribution in [0.4, 0.5) is 17.1 Å². The van der Waals surface area contributed by atoms with Crippen molar-refractivity contribution in [3.05, 3.63) is 206 Å². The molecular weight excluding hydrogens is 749 g/mol. The van der Waals surface area contributed by atoms with Gasteiger partial charge in [-0.05, 0) is 71.1 Å². The predicted octanol–water partition coefficient (Wildman–Crippen LogP) is 15.0. The molecule has 0 aliphatic rings. The normalized spacial score (nSPS) is 11.6. The first-order valence-corrected chi connectivity index (χ1v) is 20.3. The second-order valence-corrected chi connectivity index (χ2v) is 15.2. The highest BCUT2D eigenvalue weighted by Crippen LogP contribution is 2.45. The van der Waals surface area contributed by atoms with E-state index in [1.165, 1.54) is 0 Å². The molecule has 12 rings (SSSR count). The summed E-state index contributed by atoms with van der Waals surface area (Å²) in [6, 6.07) is 70.9. The highest BCUT2D eigenvalue weighted by molar-refractivity contribution is 6.22. The molecule has 6 heteroatoms. The zero-order valence-corrected chi connectivity index (χ0v) is 32.7. The molecule has 12 aromatic rings. The van der Waals surface area contributed by atoms with Gasteiger partial charge >= 0.3 is 0 Å². The first-order valence-electron chi connectivity index (χ1n) is 20.3. The fraction of sp³-hybridized carbons (Fsp3) is 0. The molecule has 0 spiro atoms. The number of benzene rings is 9. The largest absolute Gasteiger partial charge is 0.456 e. The number of hydrogen-bond acceptors (Lipinski definition) is 6. The summed E-state index contributed by atoms with van der Waals surface area (Å²) in [7, 11) is 0. The Labute approximate surface area is 350 Å². The average molecular weight is 783 g/mol. The van der Waals surface area contributed by atoms with Crippen molar-refractivity contribution >= 4 is 71.7 Å². The third kappa shape index (κ3) is 5.92. The molecule has 0 fully saturated rings. The molecule has 0 unspecified atom stereocenters. The molecule has 9 aromatic carbocycles. The Morgan fingerprint density at radius 3 is 1.52 bits per heavy atom. The summed E-state index contributed by atoms with van der Waals surface area (Å²) in [5.41, 5.74) is 11.3. The van der Waals surface area contributed by atoms with E-state index >= 15 is 0 Å². The molecule has 0 N–H and O–H groups in total. The number of furan rings is 2. The van der Waals surface area contributed by atoms with Crippen LogP contribution in [-0.2, 0) is 0 Å². The predicted molar refractivity (Wildman–Crippen MR) is 248 cm³/mol. The molecule has 0 saturated heterocycles. The second kappa shape index (κ2) is 14.2. The zero-order chi connectivity index (χ0) is 40.3. The standard InChI is InChI=1S/C55H34N4O2/c1-4-15-36(16-5-1)53-56-54(37-17-6-2-7-18-37)58-55(57-53)47-34-46-43-22-11-13-26-49(43)61-52(46)51-41(23-14-24-45(47)51)35-27-29-39(30-28-35)59(38-19-8-3-9-20-38)40-31-32-44-42-21-10-12-25-48(42)60-50(44)33-40/h1-34H. The molecule has 3 aromatic heterocycles. The zero-order valence-electron chi connectivity index (χ0n) is 32.7. The van der Waals surface area contributed by atoms with Gasteiger partial charge in [-0.3, -0.25) is 0 Å². The molecular formula is C55H34N4O2. The third-order valence-electron chi connectivity index (χ3n) is 11.5. The summed E-state index contributed by atoms with van der Waals surface area (Å²) in [4.78, 5) is 17.6. The van der Waals surface area contributed by atoms with Crippen molar-refractivity contribution in [2.24, 2.45) is 0 Å². The van der Waals surface area contributed by atoms with Gasteiger partial charge in [0.25, 0.3) is 0 Å². The lowest BCUT2D eigenvalue weighted by molar-refractivity contribution is 0.669. The van der Waals surface area contributed by atoms with Crippen molar-refractivity contribution in [2.45, 2.75) is 0 Å². The molecule has 6 nitrogen and oxygen atoms in total. The van der Waals surface area contributed by atoms with Crippen LogP contribution < -0.4 is 4.90 Å². The van der Waals surface area contributed by atoms with E-state index in [4.69, 9.17) is 23.8 Å². The first kappa shape index (κ1) is 34.7. The van der Waals surface area contributed by atoms with Gasteiger partial charge in [0.2, 0.25) is 0 Å². The van der Waals surface area contributed by atoms with Gasteiger partial charge in [-0.15, -0.1) is 0 Å². The number of rotatable bonds is 7. The van der Waals surface area contributed by atoms with E-state index in [2.05, 4.69) is 120 Å². The van der Waals surface area contributed by atoms with E-state index in [-0.39, 0.29) is 0 Å². The van der Waals surface area contributed by atoms with Crippen molar-refractivity contribution in [1.29, 1.82) is 0 Å². The van der Waals surface area contributed by atoms with Crippen LogP contribution in [0.25, 0.3) is 99.9 Å². The summed E-state index contributed by atoms with van der Waals surface area (Å²) in [6.07, 6.45) is 0. The maximum absolute atomic E-state index is 6.77. The molecule has 0 radical (unpaired) electrons. The smallest absolute Gasteiger partial charge is 0.164 e. The number of aromatic nitrogens is 3. The van der Waals surface area contributed by atoms with Gasteiger partial charge in [-0.1, -0.05) is 146 Å². The van der Waals surface area contributed by atoms with E-state index < -0.39 is 0 Å². The maximum atomic E-state index is 6.77. The van der Waals surface area contributed by atoms with Gasteiger partial charge < -0.3 is 13.7 Å². The quantitative estimate of drug-likeness (QED) is 0.160. The van der Waals surface area contributed by atoms with Gasteiger partial charge in [0, 0.05) is 66.8 Å². The Morgan fingerprint density at radius 2 is 0.836 bits per heavy atom. The van der Waals surface area contributed by atoms with Crippen molar-refractivity contribution in [2.75, 3.05) is 4.90 Å². The number of anilines is 3. The SMILES string of the molecule is c1ccc(-c2nc(-c3ccccc3)nc(-c3cc4c5ccccc5oc4c4c(-c5ccc(N(c6ccccc6)c6ccc7c(c6)oc6ccccc67)cc5)cccc34)n2)cc1. The van der Waals surface area contributed by atoms with E-state index in [0.29, 0.717) is 17.5 Å². The van der Waals surface area contributed by atoms with Gasteiger partial charge in [0.05, 0.1) is 0 Å². The summed E-state index contributed by atoms with van der Waals surface area (Å²) < 4.78 is 13.1. The first-order chi connectivity index (χ1) is 30.2. The Bertz CT molecular complexity index is 3520. The van der Waals surface area contributed by atoms with Crippen LogP contribution in [0, 0.1) is 0 Å². The average Bonchev–Trinajstić information content (AvgIpc) is 3.90. The molecule has 286 valence electrons. The van der Waals surface area contributed by atoms with Crippen LogP contribution in [0.1, 0.15) is 0 Å². The third-order valence-corrected chi connectivity index (χ3v) is 11.5. The summed E-state index contributed by atoms with van der Waals surface area (Å²) in [6.45, 7) is 0. The van der Waals surface area contributed by atoms with Gasteiger partial charge in [0.1, 0.15) is 22.3 Å². The summed E-state index contributed by atoms with van der Waals surface area (Å²) >= 11 is 0. The lowest BCUT2D eigenvalue weighted by Crippen LogP contribution is -2.09. The molecule has 3 heterocycles. The Hall–Kier alpha value is -8.35. The fourth-order valence-corrected chi connectivity index (χ4v) is 8.66. The van der Waals surface area contributed by atoms with Crippen LogP contribution in [0.2, 0.25) is 0 Å². The van der Waals surface area contributed by atoms with Crippen LogP contribution in [0.3, 0.4) is 0 Å². The number of hydrogen-bond donors (Lipinski definition) is 0. The van der Waals surface area contributed by atoms with Gasteiger partial charge in [0.15, 0.2) is 17.5 Å². The lowest BCUT2D eigenvalue weighted by Gasteiger charge is -2.25. The Balaban J connectivity index is 1.05. The van der Waals surface area contributed by atoms with E-state index in [1.54, 1.807) is 0 Å². The number of nitrogens with zero attached hydrogens (tertiary/aromatic N) is 4. The van der Waals surface area contributed by atoms with Gasteiger partial charge in [-0.2, -0.15) is 0 Å². The molecule has 0 aliphatic carbocycles. The minimum atomic E-state index is 0.595. The summed E-state index contributed by atoms with van der Waals surface area (Å²) in [5.74, 6) is 1.82. The van der Waals surface area contributed by atoms with Gasteiger partial charge in [-0.25, -0.2) is 15.0 Å². The van der Waals surface area contributed by atoms with Crippen molar-refractivity contribution in [3.8, 4) is 45.3 Å². The monoisotopic (exact) mass is 782 g/mol. The number of fused-ring (bicyclic) bond motifs is 8. The minimum absolute atomic E-state index is 0.595. The minimum Gasteiger partial charge on any atom is -0.456 e. The molecule has 61 heavy (non-hydrogen) atoms. The molecule has 0 aliphatic heterocycles.